The number of anilines is 2. The number of methoxy groups -OCH3 is 1. The van der Waals surface area contributed by atoms with Crippen molar-refractivity contribution in [2.24, 2.45) is 0 Å². The van der Waals surface area contributed by atoms with E-state index in [0.29, 0.717) is 46.9 Å². The lowest BCUT2D eigenvalue weighted by Gasteiger charge is -2.54. The summed E-state index contributed by atoms with van der Waals surface area (Å²) in [6.07, 6.45) is 5.94. The Bertz CT molecular complexity index is 1420. The lowest BCUT2D eigenvalue weighted by Crippen LogP contribution is -2.66. The van der Waals surface area contributed by atoms with Crippen LogP contribution in [-0.4, -0.2) is 58.5 Å². The third-order valence-corrected chi connectivity index (χ3v) is 7.05. The third kappa shape index (κ3) is 4.36. The highest BCUT2D eigenvalue weighted by molar-refractivity contribution is 6.06. The van der Waals surface area contributed by atoms with E-state index in [9.17, 15) is 14.0 Å². The zero-order chi connectivity index (χ0) is 27.0. The first-order valence-corrected chi connectivity index (χ1v) is 12.4. The molecule has 0 bridgehead atoms. The van der Waals surface area contributed by atoms with Crippen LogP contribution in [0.15, 0.2) is 49.3 Å². The maximum absolute atomic E-state index is 14.5. The molecule has 0 saturated carbocycles. The smallest absolute Gasteiger partial charge is 0.255 e. The molecule has 1 fully saturated rings. The molecule has 2 aromatic heterocycles. The lowest BCUT2D eigenvalue weighted by molar-refractivity contribution is -0.150. The third-order valence-electron chi connectivity index (χ3n) is 7.05. The molecule has 1 atom stereocenters. The topological polar surface area (TPSA) is 109 Å². The Labute approximate surface area is 220 Å². The number of fused-ring (bicyclic) bond motifs is 1. The standard InChI is InChI=1S/C28H30FN5O4/c1-5-22(35)34-16(13-28(34,2)3)15-38-21-14-30-11-9-17(21)24-25(23-19(32-24)10-12-31-27(23)36)33-20-8-6-7-18(29)26(20)37-4/h5-9,11,14,16,32-33H,1,10,12-13,15H2,2-4H3,(H,31,36)/t16-/m0/s1. The fourth-order valence-electron chi connectivity index (χ4n) is 5.40. The number of aromatic amines is 1. The highest BCUT2D eigenvalue weighted by Gasteiger charge is 2.47. The Morgan fingerprint density at radius 1 is 1.37 bits per heavy atom. The number of nitrogens with zero attached hydrogens (tertiary/aromatic N) is 2. The molecule has 0 radical (unpaired) electrons. The fraction of sp³-hybridized carbons (Fsp3) is 0.321. The van der Waals surface area contributed by atoms with Crippen LogP contribution >= 0.6 is 0 Å². The van der Waals surface area contributed by atoms with Crippen LogP contribution in [0.25, 0.3) is 11.3 Å². The Balaban J connectivity index is 1.52. The van der Waals surface area contributed by atoms with Crippen LogP contribution in [0.3, 0.4) is 0 Å². The van der Waals surface area contributed by atoms with E-state index in [1.165, 1.54) is 19.3 Å². The van der Waals surface area contributed by atoms with Crippen molar-refractivity contribution in [1.29, 1.82) is 0 Å². The number of para-hydroxylation sites is 1. The van der Waals surface area contributed by atoms with E-state index >= 15 is 0 Å². The van der Waals surface area contributed by atoms with Gasteiger partial charge in [0.05, 0.1) is 42.0 Å². The molecule has 4 heterocycles. The molecule has 0 aliphatic carbocycles. The predicted octanol–water partition coefficient (Wildman–Crippen LogP) is 4.20. The normalized spacial score (nSPS) is 17.6. The Morgan fingerprint density at radius 3 is 2.92 bits per heavy atom. The Hall–Kier alpha value is -4.34. The van der Waals surface area contributed by atoms with E-state index < -0.39 is 5.82 Å². The van der Waals surface area contributed by atoms with Crippen LogP contribution in [0, 0.1) is 5.82 Å². The lowest BCUT2D eigenvalue weighted by atomic mass is 9.81. The first-order chi connectivity index (χ1) is 18.2. The van der Waals surface area contributed by atoms with Gasteiger partial charge in [-0.2, -0.15) is 0 Å². The van der Waals surface area contributed by atoms with Crippen molar-refractivity contribution in [3.8, 4) is 22.8 Å². The van der Waals surface area contributed by atoms with E-state index in [4.69, 9.17) is 9.47 Å². The van der Waals surface area contributed by atoms with Crippen LogP contribution < -0.4 is 20.1 Å². The molecular formula is C28H30FN5O4. The van der Waals surface area contributed by atoms with Gasteiger partial charge < -0.3 is 30.0 Å². The van der Waals surface area contributed by atoms with Crippen molar-refractivity contribution in [3.63, 3.8) is 0 Å². The second-order valence-corrected chi connectivity index (χ2v) is 9.95. The zero-order valence-corrected chi connectivity index (χ0v) is 21.6. The number of hydrogen-bond acceptors (Lipinski definition) is 6. The number of carbonyl (C=O) groups excluding carboxylic acids is 2. The van der Waals surface area contributed by atoms with E-state index in [-0.39, 0.29) is 35.8 Å². The summed E-state index contributed by atoms with van der Waals surface area (Å²) in [5.41, 5.74) is 3.05. The fourth-order valence-corrected chi connectivity index (χ4v) is 5.40. The summed E-state index contributed by atoms with van der Waals surface area (Å²) >= 11 is 0. The van der Waals surface area contributed by atoms with Gasteiger partial charge in [-0.1, -0.05) is 12.6 Å². The Kier molecular flexibility index (Phi) is 6.56. The number of rotatable bonds is 8. The minimum absolute atomic E-state index is 0.0374. The minimum Gasteiger partial charge on any atom is -0.492 e. The van der Waals surface area contributed by atoms with Crippen molar-refractivity contribution in [2.75, 3.05) is 25.6 Å². The molecule has 10 heteroatoms. The van der Waals surface area contributed by atoms with Crippen LogP contribution in [0.4, 0.5) is 15.8 Å². The second-order valence-electron chi connectivity index (χ2n) is 9.95. The van der Waals surface area contributed by atoms with Crippen molar-refractivity contribution in [3.05, 3.63) is 66.4 Å². The SMILES string of the molecule is C=CC(=O)N1[C@H](COc2cnccc2-c2[nH]c3c(c2Nc2cccc(F)c2OC)C(=O)NCC3)CC1(C)C. The predicted molar refractivity (Wildman–Crippen MR) is 141 cm³/mol. The van der Waals surface area contributed by atoms with Gasteiger partial charge in [0.25, 0.3) is 5.91 Å². The van der Waals surface area contributed by atoms with E-state index in [1.54, 1.807) is 35.5 Å². The summed E-state index contributed by atoms with van der Waals surface area (Å²) in [5, 5.41) is 6.10. The first-order valence-electron chi connectivity index (χ1n) is 12.4. The molecule has 3 aromatic rings. The molecule has 1 aromatic carbocycles. The first kappa shape index (κ1) is 25.3. The summed E-state index contributed by atoms with van der Waals surface area (Å²) < 4.78 is 26.0. The van der Waals surface area contributed by atoms with E-state index in [1.807, 2.05) is 13.8 Å². The maximum atomic E-state index is 14.5. The molecule has 5 rings (SSSR count). The monoisotopic (exact) mass is 519 g/mol. The van der Waals surface area contributed by atoms with Gasteiger partial charge in [-0.3, -0.25) is 14.6 Å². The summed E-state index contributed by atoms with van der Waals surface area (Å²) in [6, 6.07) is 6.23. The van der Waals surface area contributed by atoms with Gasteiger partial charge >= 0.3 is 0 Å². The number of hydrogen-bond donors (Lipinski definition) is 3. The average Bonchev–Trinajstić information content (AvgIpc) is 3.26. The maximum Gasteiger partial charge on any atom is 0.255 e. The van der Waals surface area contributed by atoms with Crippen molar-refractivity contribution in [2.45, 2.75) is 38.3 Å². The highest BCUT2D eigenvalue weighted by atomic mass is 19.1. The van der Waals surface area contributed by atoms with E-state index in [0.717, 1.165) is 12.1 Å². The molecule has 0 spiro atoms. The molecule has 0 unspecified atom stereocenters. The van der Waals surface area contributed by atoms with Gasteiger partial charge in [0.2, 0.25) is 5.91 Å². The molecule has 198 valence electrons. The summed E-state index contributed by atoms with van der Waals surface area (Å²) in [5.74, 6) is -0.381. The zero-order valence-electron chi connectivity index (χ0n) is 21.6. The number of halogens is 1. The Morgan fingerprint density at radius 2 is 2.18 bits per heavy atom. The highest BCUT2D eigenvalue weighted by Crippen LogP contribution is 2.43. The average molecular weight is 520 g/mol. The van der Waals surface area contributed by atoms with Crippen molar-refractivity contribution >= 4 is 23.2 Å². The molecule has 2 aliphatic rings. The number of likely N-dealkylation sites (tertiary alicyclic amines) is 1. The molecule has 1 saturated heterocycles. The van der Waals surface area contributed by atoms with E-state index in [2.05, 4.69) is 27.2 Å². The van der Waals surface area contributed by atoms with Crippen molar-refractivity contribution < 1.29 is 23.5 Å². The van der Waals surface area contributed by atoms with Crippen LogP contribution in [-0.2, 0) is 11.2 Å². The molecule has 2 aliphatic heterocycles. The molecule has 9 nitrogen and oxygen atoms in total. The number of nitrogens with one attached hydrogen (secondary N) is 3. The number of benzene rings is 1. The van der Waals surface area contributed by atoms with Gasteiger partial charge in [0.15, 0.2) is 11.6 Å². The van der Waals surface area contributed by atoms with Gasteiger partial charge in [0, 0.05) is 36.0 Å². The van der Waals surface area contributed by atoms with Crippen molar-refractivity contribution in [1.82, 2.24) is 20.2 Å². The van der Waals surface area contributed by atoms with Crippen LogP contribution in [0.5, 0.6) is 11.5 Å². The van der Waals surface area contributed by atoms with Gasteiger partial charge in [-0.05, 0) is 44.5 Å². The minimum atomic E-state index is -0.525. The van der Waals surface area contributed by atoms with Crippen LogP contribution in [0.2, 0.25) is 0 Å². The molecule has 38 heavy (non-hydrogen) atoms. The number of ether oxygens (including phenoxy) is 2. The van der Waals surface area contributed by atoms with Gasteiger partial charge in [-0.15, -0.1) is 0 Å². The number of aromatic nitrogens is 2. The molecule has 2 amide bonds. The molecule has 3 N–H and O–H groups in total. The quantitative estimate of drug-likeness (QED) is 0.385. The number of carbonyl (C=O) groups is 2. The van der Waals surface area contributed by atoms with Crippen LogP contribution in [0.1, 0.15) is 36.3 Å². The summed E-state index contributed by atoms with van der Waals surface area (Å²) in [7, 11) is 1.39. The number of H-pyrrole nitrogens is 1. The summed E-state index contributed by atoms with van der Waals surface area (Å²) in [4.78, 5) is 34.7. The molecular weight excluding hydrogens is 489 g/mol. The van der Waals surface area contributed by atoms with Gasteiger partial charge in [0.1, 0.15) is 12.4 Å². The largest absolute Gasteiger partial charge is 0.492 e. The number of pyridine rings is 1. The van der Waals surface area contributed by atoms with Gasteiger partial charge in [-0.25, -0.2) is 4.39 Å². The second kappa shape index (κ2) is 9.85. The number of amides is 2. The summed E-state index contributed by atoms with van der Waals surface area (Å²) in [6.45, 7) is 8.40.